The largest absolute Gasteiger partial charge is 0.241 e. The number of rotatable bonds is 0. The van der Waals surface area contributed by atoms with Crippen LogP contribution in [0.3, 0.4) is 0 Å². The molecule has 0 bridgehead atoms. The molecule has 0 unspecified atom stereocenters. The highest BCUT2D eigenvalue weighted by Gasteiger charge is 2.01. The van der Waals surface area contributed by atoms with Crippen molar-refractivity contribution in [2.24, 2.45) is 0 Å². The molecule has 56 valence electrons. The van der Waals surface area contributed by atoms with Gasteiger partial charge in [-0.3, -0.25) is 0 Å². The van der Waals surface area contributed by atoms with E-state index in [1.807, 2.05) is 25.1 Å². The van der Waals surface area contributed by atoms with Gasteiger partial charge in [-0.1, -0.05) is 17.7 Å². The maximum Gasteiger partial charge on any atom is 0.0908 e. The fraction of sp³-hybridized carbons (Fsp3) is 0.125. The lowest BCUT2D eigenvalue weighted by atomic mass is 10.3. The van der Waals surface area contributed by atoms with Gasteiger partial charge in [-0.2, -0.15) is 0 Å². The van der Waals surface area contributed by atoms with Crippen molar-refractivity contribution in [1.29, 1.82) is 0 Å². The van der Waals surface area contributed by atoms with E-state index in [0.717, 1.165) is 20.2 Å². The van der Waals surface area contributed by atoms with Crippen LogP contribution in [0, 0.1) is 6.92 Å². The van der Waals surface area contributed by atoms with Gasteiger partial charge in [-0.25, -0.2) is 4.98 Å². The maximum atomic E-state index is 5.94. The summed E-state index contributed by atoms with van der Waals surface area (Å²) in [7, 11) is 0. The summed E-state index contributed by atoms with van der Waals surface area (Å²) < 4.78 is 1.09. The number of thiazole rings is 1. The normalized spacial score (nSPS) is 10.7. The molecule has 0 aliphatic rings. The van der Waals surface area contributed by atoms with E-state index in [9.17, 15) is 0 Å². The Labute approximate surface area is 73.6 Å². The van der Waals surface area contributed by atoms with Gasteiger partial charge in [-0.15, -0.1) is 11.3 Å². The summed E-state index contributed by atoms with van der Waals surface area (Å²) >= 11 is 7.58. The SMILES string of the molecule is Cc1nc2cccc(Cl)c2s1. The number of nitrogens with zero attached hydrogens (tertiary/aromatic N) is 1. The first kappa shape index (κ1) is 7.07. The highest BCUT2D eigenvalue weighted by molar-refractivity contribution is 7.19. The summed E-state index contributed by atoms with van der Waals surface area (Å²) in [5.41, 5.74) is 1.00. The molecule has 1 aromatic carbocycles. The average molecular weight is 184 g/mol. The quantitative estimate of drug-likeness (QED) is 0.611. The van der Waals surface area contributed by atoms with Gasteiger partial charge in [0, 0.05) is 0 Å². The third kappa shape index (κ3) is 1.12. The Kier molecular flexibility index (Phi) is 1.59. The van der Waals surface area contributed by atoms with Gasteiger partial charge in [0.2, 0.25) is 0 Å². The van der Waals surface area contributed by atoms with Crippen molar-refractivity contribution in [2.45, 2.75) is 6.92 Å². The summed E-state index contributed by atoms with van der Waals surface area (Å²) in [6.45, 7) is 1.99. The first-order valence-electron chi connectivity index (χ1n) is 3.29. The van der Waals surface area contributed by atoms with Crippen LogP contribution in [0.25, 0.3) is 10.2 Å². The van der Waals surface area contributed by atoms with E-state index < -0.39 is 0 Å². The van der Waals surface area contributed by atoms with E-state index >= 15 is 0 Å². The molecule has 2 aromatic rings. The number of halogens is 1. The molecular weight excluding hydrogens is 178 g/mol. The Hall–Kier alpha value is -0.600. The molecule has 0 spiro atoms. The number of aromatic nitrogens is 1. The summed E-state index contributed by atoms with van der Waals surface area (Å²) in [5, 5.41) is 1.86. The van der Waals surface area contributed by atoms with E-state index in [0.29, 0.717) is 0 Å². The Balaban J connectivity index is 2.90. The van der Waals surface area contributed by atoms with E-state index in [1.165, 1.54) is 0 Å². The molecule has 1 aromatic heterocycles. The standard InChI is InChI=1S/C8H6ClNS/c1-5-10-7-4-2-3-6(9)8(7)11-5/h2-4H,1H3. The second kappa shape index (κ2) is 2.47. The van der Waals surface area contributed by atoms with Gasteiger partial charge in [0.15, 0.2) is 0 Å². The van der Waals surface area contributed by atoms with Crippen LogP contribution in [-0.2, 0) is 0 Å². The van der Waals surface area contributed by atoms with Crippen LogP contribution in [0.5, 0.6) is 0 Å². The Morgan fingerprint density at radius 1 is 1.45 bits per heavy atom. The molecule has 1 heterocycles. The van der Waals surface area contributed by atoms with Crippen LogP contribution in [0.2, 0.25) is 5.02 Å². The number of hydrogen-bond donors (Lipinski definition) is 0. The third-order valence-corrected chi connectivity index (χ3v) is 2.92. The second-order valence-electron chi connectivity index (χ2n) is 2.32. The number of hydrogen-bond acceptors (Lipinski definition) is 2. The van der Waals surface area contributed by atoms with Gasteiger partial charge in [0.25, 0.3) is 0 Å². The molecule has 0 aliphatic carbocycles. The van der Waals surface area contributed by atoms with Crippen molar-refractivity contribution in [3.63, 3.8) is 0 Å². The van der Waals surface area contributed by atoms with E-state index in [-0.39, 0.29) is 0 Å². The summed E-state index contributed by atoms with van der Waals surface area (Å²) in [6, 6.07) is 5.79. The smallest absolute Gasteiger partial charge is 0.0908 e. The van der Waals surface area contributed by atoms with E-state index in [4.69, 9.17) is 11.6 Å². The van der Waals surface area contributed by atoms with Crippen molar-refractivity contribution in [2.75, 3.05) is 0 Å². The fourth-order valence-electron chi connectivity index (χ4n) is 1.03. The maximum absolute atomic E-state index is 5.94. The van der Waals surface area contributed by atoms with Crippen LogP contribution >= 0.6 is 22.9 Å². The lowest BCUT2D eigenvalue weighted by Crippen LogP contribution is -1.67. The van der Waals surface area contributed by atoms with Crippen molar-refractivity contribution in [1.82, 2.24) is 4.98 Å². The van der Waals surface area contributed by atoms with Crippen LogP contribution in [-0.4, -0.2) is 4.98 Å². The molecule has 0 aliphatic heterocycles. The van der Waals surface area contributed by atoms with Crippen LogP contribution in [0.15, 0.2) is 18.2 Å². The minimum absolute atomic E-state index is 0.799. The predicted octanol–water partition coefficient (Wildman–Crippen LogP) is 3.26. The predicted molar refractivity (Wildman–Crippen MR) is 49.4 cm³/mol. The van der Waals surface area contributed by atoms with Gasteiger partial charge in [0.1, 0.15) is 0 Å². The highest BCUT2D eigenvalue weighted by atomic mass is 35.5. The molecule has 3 heteroatoms. The number of fused-ring (bicyclic) bond motifs is 1. The molecule has 0 atom stereocenters. The zero-order valence-corrected chi connectivity index (χ0v) is 7.54. The highest BCUT2D eigenvalue weighted by Crippen LogP contribution is 2.28. The van der Waals surface area contributed by atoms with Crippen molar-refractivity contribution in [3.8, 4) is 0 Å². The van der Waals surface area contributed by atoms with Crippen LogP contribution in [0.1, 0.15) is 5.01 Å². The molecule has 0 saturated carbocycles. The molecule has 0 amide bonds. The van der Waals surface area contributed by atoms with E-state index in [1.54, 1.807) is 11.3 Å². The molecule has 1 nitrogen and oxygen atoms in total. The Morgan fingerprint density at radius 3 is 3.00 bits per heavy atom. The number of benzene rings is 1. The third-order valence-electron chi connectivity index (χ3n) is 1.47. The zero-order valence-electron chi connectivity index (χ0n) is 5.97. The first-order chi connectivity index (χ1) is 5.27. The molecule has 0 radical (unpaired) electrons. The molecule has 0 saturated heterocycles. The summed E-state index contributed by atoms with van der Waals surface area (Å²) in [6.07, 6.45) is 0. The Morgan fingerprint density at radius 2 is 2.27 bits per heavy atom. The first-order valence-corrected chi connectivity index (χ1v) is 4.48. The zero-order chi connectivity index (χ0) is 7.84. The number of aryl methyl sites for hydroxylation is 1. The van der Waals surface area contributed by atoms with Crippen LogP contribution < -0.4 is 0 Å². The molecule has 2 rings (SSSR count). The molecule has 0 N–H and O–H groups in total. The van der Waals surface area contributed by atoms with Gasteiger partial charge >= 0.3 is 0 Å². The molecular formula is C8H6ClNS. The van der Waals surface area contributed by atoms with Crippen LogP contribution in [0.4, 0.5) is 0 Å². The fourth-order valence-corrected chi connectivity index (χ4v) is 2.14. The van der Waals surface area contributed by atoms with Gasteiger partial charge in [-0.05, 0) is 19.1 Å². The lowest BCUT2D eigenvalue weighted by molar-refractivity contribution is 1.35. The molecule has 11 heavy (non-hydrogen) atoms. The van der Waals surface area contributed by atoms with Crippen molar-refractivity contribution >= 4 is 33.2 Å². The van der Waals surface area contributed by atoms with Gasteiger partial charge in [0.05, 0.1) is 20.2 Å². The summed E-state index contributed by atoms with van der Waals surface area (Å²) in [4.78, 5) is 4.31. The topological polar surface area (TPSA) is 12.9 Å². The van der Waals surface area contributed by atoms with Gasteiger partial charge < -0.3 is 0 Å². The van der Waals surface area contributed by atoms with E-state index in [2.05, 4.69) is 4.98 Å². The molecule has 0 fully saturated rings. The summed E-state index contributed by atoms with van der Waals surface area (Å²) in [5.74, 6) is 0. The second-order valence-corrected chi connectivity index (χ2v) is 3.93. The van der Waals surface area contributed by atoms with Crippen molar-refractivity contribution in [3.05, 3.63) is 28.2 Å². The monoisotopic (exact) mass is 183 g/mol. The minimum atomic E-state index is 0.799. The average Bonchev–Trinajstić information content (AvgIpc) is 2.31. The Bertz CT molecular complexity index is 394. The van der Waals surface area contributed by atoms with Crippen molar-refractivity contribution < 1.29 is 0 Å². The lowest BCUT2D eigenvalue weighted by Gasteiger charge is -1.87. The minimum Gasteiger partial charge on any atom is -0.241 e.